The van der Waals surface area contributed by atoms with Crippen molar-refractivity contribution in [3.63, 3.8) is 0 Å². The average Bonchev–Trinajstić information content (AvgIpc) is 2.22. The van der Waals surface area contributed by atoms with E-state index in [9.17, 15) is 13.6 Å². The fourth-order valence-corrected chi connectivity index (χ4v) is 1.36. The van der Waals surface area contributed by atoms with Gasteiger partial charge in [-0.2, -0.15) is 0 Å². The summed E-state index contributed by atoms with van der Waals surface area (Å²) in [6, 6.07) is 1.53. The van der Waals surface area contributed by atoms with E-state index in [4.69, 9.17) is 17.3 Å². The topological polar surface area (TPSA) is 55.1 Å². The van der Waals surface area contributed by atoms with Crippen LogP contribution in [-0.4, -0.2) is 18.0 Å². The number of rotatable bonds is 3. The van der Waals surface area contributed by atoms with Gasteiger partial charge in [0, 0.05) is 12.1 Å². The highest BCUT2D eigenvalue weighted by Crippen LogP contribution is 2.20. The lowest BCUT2D eigenvalue weighted by Gasteiger charge is -2.24. The lowest BCUT2D eigenvalue weighted by Crippen LogP contribution is -2.48. The van der Waals surface area contributed by atoms with Gasteiger partial charge in [0.2, 0.25) is 0 Å². The second-order valence-electron chi connectivity index (χ2n) is 4.29. The Morgan fingerprint density at radius 3 is 2.47 bits per heavy atom. The van der Waals surface area contributed by atoms with Gasteiger partial charge >= 0.3 is 0 Å². The van der Waals surface area contributed by atoms with Crippen LogP contribution in [-0.2, 0) is 0 Å². The summed E-state index contributed by atoms with van der Waals surface area (Å²) in [7, 11) is 0. The maximum atomic E-state index is 13.0. The average molecular weight is 263 g/mol. The lowest BCUT2D eigenvalue weighted by molar-refractivity contribution is 0.0915. The summed E-state index contributed by atoms with van der Waals surface area (Å²) < 4.78 is 25.8. The van der Waals surface area contributed by atoms with Crippen LogP contribution >= 0.6 is 11.6 Å². The van der Waals surface area contributed by atoms with Crippen LogP contribution in [0, 0.1) is 11.6 Å². The van der Waals surface area contributed by atoms with Crippen molar-refractivity contribution < 1.29 is 13.6 Å². The van der Waals surface area contributed by atoms with E-state index in [-0.39, 0.29) is 17.1 Å². The largest absolute Gasteiger partial charge is 0.346 e. The highest BCUT2D eigenvalue weighted by molar-refractivity contribution is 6.33. The van der Waals surface area contributed by atoms with Crippen molar-refractivity contribution in [2.24, 2.45) is 5.73 Å². The zero-order valence-electron chi connectivity index (χ0n) is 9.48. The van der Waals surface area contributed by atoms with Gasteiger partial charge in [0.15, 0.2) is 11.6 Å². The molecule has 1 amide bonds. The fourth-order valence-electron chi connectivity index (χ4n) is 1.12. The summed E-state index contributed by atoms with van der Waals surface area (Å²) in [5.41, 5.74) is 4.68. The van der Waals surface area contributed by atoms with Crippen LogP contribution < -0.4 is 11.1 Å². The maximum Gasteiger partial charge on any atom is 0.253 e. The number of benzene rings is 1. The summed E-state index contributed by atoms with van der Waals surface area (Å²) in [6.45, 7) is 3.62. The minimum atomic E-state index is -1.12. The minimum absolute atomic E-state index is 0.118. The summed E-state index contributed by atoms with van der Waals surface area (Å²) in [5, 5.41) is 2.43. The van der Waals surface area contributed by atoms with Crippen molar-refractivity contribution in [2.45, 2.75) is 19.4 Å². The second-order valence-corrected chi connectivity index (χ2v) is 4.70. The van der Waals surface area contributed by atoms with Crippen molar-refractivity contribution in [3.05, 3.63) is 34.4 Å². The number of hydrogen-bond acceptors (Lipinski definition) is 2. The Kier molecular flexibility index (Phi) is 4.06. The van der Waals surface area contributed by atoms with Crippen LogP contribution in [0.2, 0.25) is 5.02 Å². The predicted molar refractivity (Wildman–Crippen MR) is 62.0 cm³/mol. The maximum absolute atomic E-state index is 13.0. The van der Waals surface area contributed by atoms with Gasteiger partial charge in [0.25, 0.3) is 5.91 Å². The van der Waals surface area contributed by atoms with Gasteiger partial charge in [-0.05, 0) is 26.0 Å². The summed E-state index contributed by atoms with van der Waals surface area (Å²) >= 11 is 5.67. The van der Waals surface area contributed by atoms with Crippen molar-refractivity contribution in [1.29, 1.82) is 0 Å². The smallest absolute Gasteiger partial charge is 0.253 e. The molecule has 0 saturated heterocycles. The molecule has 0 aliphatic heterocycles. The number of nitrogens with two attached hydrogens (primary N) is 1. The Hall–Kier alpha value is -1.20. The molecule has 0 saturated carbocycles. The van der Waals surface area contributed by atoms with Gasteiger partial charge < -0.3 is 11.1 Å². The van der Waals surface area contributed by atoms with E-state index in [0.717, 1.165) is 12.1 Å². The van der Waals surface area contributed by atoms with Crippen LogP contribution in [0.25, 0.3) is 0 Å². The lowest BCUT2D eigenvalue weighted by atomic mass is 10.1. The first-order chi connectivity index (χ1) is 7.76. The van der Waals surface area contributed by atoms with Crippen LogP contribution in [0.1, 0.15) is 24.2 Å². The van der Waals surface area contributed by atoms with E-state index in [1.165, 1.54) is 0 Å². The van der Waals surface area contributed by atoms with E-state index in [0.29, 0.717) is 0 Å². The van der Waals surface area contributed by atoms with E-state index in [1.807, 2.05) is 0 Å². The Morgan fingerprint density at radius 1 is 1.41 bits per heavy atom. The molecule has 0 bridgehead atoms. The fraction of sp³-hybridized carbons (Fsp3) is 0.364. The van der Waals surface area contributed by atoms with Crippen LogP contribution in [0.4, 0.5) is 8.78 Å². The molecule has 0 aliphatic rings. The second kappa shape index (κ2) is 4.98. The van der Waals surface area contributed by atoms with Gasteiger partial charge in [-0.15, -0.1) is 0 Å². The van der Waals surface area contributed by atoms with Gasteiger partial charge in [-0.1, -0.05) is 11.6 Å². The standard InChI is InChI=1S/C11H13ClF2N2O/c1-11(2,5-15)16-10(17)6-3-8(13)9(14)4-7(6)12/h3-4H,5,15H2,1-2H3,(H,16,17). The molecule has 1 rings (SSSR count). The van der Waals surface area contributed by atoms with E-state index in [2.05, 4.69) is 5.32 Å². The number of halogens is 3. The first-order valence-corrected chi connectivity index (χ1v) is 5.32. The summed E-state index contributed by atoms with van der Waals surface area (Å²) in [5.74, 6) is -2.81. The Balaban J connectivity index is 3.01. The van der Waals surface area contributed by atoms with E-state index < -0.39 is 23.1 Å². The molecule has 0 aromatic heterocycles. The van der Waals surface area contributed by atoms with Gasteiger partial charge in [0.1, 0.15) is 0 Å². The predicted octanol–water partition coefficient (Wildman–Crippen LogP) is 2.09. The van der Waals surface area contributed by atoms with Crippen molar-refractivity contribution in [3.8, 4) is 0 Å². The third-order valence-electron chi connectivity index (χ3n) is 2.22. The van der Waals surface area contributed by atoms with E-state index in [1.54, 1.807) is 13.8 Å². The molecule has 1 aromatic rings. The third-order valence-corrected chi connectivity index (χ3v) is 2.53. The molecule has 17 heavy (non-hydrogen) atoms. The molecule has 6 heteroatoms. The first kappa shape index (κ1) is 13.9. The highest BCUT2D eigenvalue weighted by Gasteiger charge is 2.22. The Labute approximate surface area is 103 Å². The molecule has 0 unspecified atom stereocenters. The number of hydrogen-bond donors (Lipinski definition) is 2. The molecule has 3 nitrogen and oxygen atoms in total. The quantitative estimate of drug-likeness (QED) is 0.820. The van der Waals surface area contributed by atoms with Gasteiger partial charge in [-0.25, -0.2) is 8.78 Å². The minimum Gasteiger partial charge on any atom is -0.346 e. The van der Waals surface area contributed by atoms with Gasteiger partial charge in [0.05, 0.1) is 10.6 Å². The van der Waals surface area contributed by atoms with Crippen molar-refractivity contribution in [2.75, 3.05) is 6.54 Å². The monoisotopic (exact) mass is 262 g/mol. The zero-order chi connectivity index (χ0) is 13.2. The molecule has 0 fully saturated rings. The molecule has 0 radical (unpaired) electrons. The number of amides is 1. The van der Waals surface area contributed by atoms with Gasteiger partial charge in [-0.3, -0.25) is 4.79 Å². The number of carbonyl (C=O) groups excluding carboxylic acids is 1. The Bertz CT molecular complexity index is 449. The number of nitrogens with one attached hydrogen (secondary N) is 1. The third kappa shape index (κ3) is 3.38. The molecular weight excluding hydrogens is 250 g/mol. The molecular formula is C11H13ClF2N2O. The molecule has 0 aliphatic carbocycles. The highest BCUT2D eigenvalue weighted by atomic mass is 35.5. The summed E-state index contributed by atoms with van der Waals surface area (Å²) in [6.07, 6.45) is 0. The molecule has 0 heterocycles. The zero-order valence-corrected chi connectivity index (χ0v) is 10.2. The van der Waals surface area contributed by atoms with Crippen LogP contribution in [0.15, 0.2) is 12.1 Å². The molecule has 1 aromatic carbocycles. The SMILES string of the molecule is CC(C)(CN)NC(=O)c1cc(F)c(F)cc1Cl. The molecule has 0 atom stereocenters. The first-order valence-electron chi connectivity index (χ1n) is 4.94. The van der Waals surface area contributed by atoms with E-state index >= 15 is 0 Å². The van der Waals surface area contributed by atoms with Crippen LogP contribution in [0.3, 0.4) is 0 Å². The normalized spacial score (nSPS) is 11.4. The number of carbonyl (C=O) groups is 1. The van der Waals surface area contributed by atoms with Crippen molar-refractivity contribution >= 4 is 17.5 Å². The molecule has 0 spiro atoms. The van der Waals surface area contributed by atoms with Crippen molar-refractivity contribution in [1.82, 2.24) is 5.32 Å². The van der Waals surface area contributed by atoms with Crippen LogP contribution in [0.5, 0.6) is 0 Å². The molecule has 3 N–H and O–H groups in total. The Morgan fingerprint density at radius 2 is 1.94 bits per heavy atom. The summed E-state index contributed by atoms with van der Waals surface area (Å²) in [4.78, 5) is 11.8. The molecule has 94 valence electrons.